The van der Waals surface area contributed by atoms with Gasteiger partial charge in [0.05, 0.1) is 23.5 Å². The van der Waals surface area contributed by atoms with Crippen molar-refractivity contribution in [1.82, 2.24) is 35.3 Å². The number of H-pyrrole nitrogens is 1. The lowest BCUT2D eigenvalue weighted by atomic mass is 10.2. The van der Waals surface area contributed by atoms with E-state index in [9.17, 15) is 9.59 Å². The van der Waals surface area contributed by atoms with Crippen molar-refractivity contribution in [3.8, 4) is 11.8 Å². The second-order valence-corrected chi connectivity index (χ2v) is 9.55. The predicted octanol–water partition coefficient (Wildman–Crippen LogP) is 2.49. The number of amides is 2. The molecular formula is C28H35N9O2. The third-order valence-electron chi connectivity index (χ3n) is 6.29. The molecule has 4 N–H and O–H groups in total. The Bertz CT molecular complexity index is 1390. The largest absolute Gasteiger partial charge is 0.372 e. The van der Waals surface area contributed by atoms with Crippen molar-refractivity contribution in [1.29, 1.82) is 0 Å². The highest BCUT2D eigenvalue weighted by Crippen LogP contribution is 2.21. The van der Waals surface area contributed by atoms with Crippen LogP contribution in [0.2, 0.25) is 0 Å². The fraction of sp³-hybridized carbons (Fsp3) is 0.393. The van der Waals surface area contributed by atoms with Gasteiger partial charge in [0.1, 0.15) is 11.9 Å². The van der Waals surface area contributed by atoms with Crippen LogP contribution < -0.4 is 16.0 Å². The van der Waals surface area contributed by atoms with Crippen molar-refractivity contribution in [3.05, 3.63) is 48.3 Å². The number of benzene rings is 1. The SMILES string of the molecule is CNc1nc(Nc2ccc3[nH]ncc3c2)ncc1C#CCCCNC(=O)[C@@H]1CCCN1C(=O)/C=C/CN(C)C. The van der Waals surface area contributed by atoms with E-state index in [0.717, 1.165) is 23.0 Å². The van der Waals surface area contributed by atoms with Crippen LogP contribution in [0.25, 0.3) is 10.9 Å². The molecule has 3 aromatic rings. The molecule has 204 valence electrons. The number of carbonyl (C=O) groups is 2. The van der Waals surface area contributed by atoms with E-state index in [4.69, 9.17) is 0 Å². The highest BCUT2D eigenvalue weighted by molar-refractivity contribution is 5.93. The monoisotopic (exact) mass is 529 g/mol. The number of hydrogen-bond donors (Lipinski definition) is 4. The fourth-order valence-corrected chi connectivity index (χ4v) is 4.30. The minimum absolute atomic E-state index is 0.101. The third-order valence-corrected chi connectivity index (χ3v) is 6.29. The highest BCUT2D eigenvalue weighted by atomic mass is 16.2. The summed E-state index contributed by atoms with van der Waals surface area (Å²) in [6, 6.07) is 5.44. The molecule has 0 radical (unpaired) electrons. The van der Waals surface area contributed by atoms with Crippen molar-refractivity contribution in [2.24, 2.45) is 0 Å². The van der Waals surface area contributed by atoms with Gasteiger partial charge in [-0.1, -0.05) is 17.9 Å². The van der Waals surface area contributed by atoms with Crippen molar-refractivity contribution >= 4 is 40.2 Å². The van der Waals surface area contributed by atoms with Gasteiger partial charge >= 0.3 is 0 Å². The lowest BCUT2D eigenvalue weighted by Crippen LogP contribution is -2.45. The number of carbonyl (C=O) groups excluding carboxylic acids is 2. The average molecular weight is 530 g/mol. The summed E-state index contributed by atoms with van der Waals surface area (Å²) in [6.07, 6.45) is 9.67. The number of aromatic nitrogens is 4. The van der Waals surface area contributed by atoms with Crippen LogP contribution >= 0.6 is 0 Å². The van der Waals surface area contributed by atoms with Crippen molar-refractivity contribution in [2.75, 3.05) is 51.4 Å². The normalized spacial score (nSPS) is 15.0. The molecule has 0 aliphatic carbocycles. The minimum Gasteiger partial charge on any atom is -0.372 e. The minimum atomic E-state index is -0.406. The molecule has 2 aromatic heterocycles. The summed E-state index contributed by atoms with van der Waals surface area (Å²) in [5.41, 5.74) is 2.51. The zero-order valence-corrected chi connectivity index (χ0v) is 22.6. The van der Waals surface area contributed by atoms with Gasteiger partial charge < -0.3 is 25.8 Å². The Hall–Kier alpha value is -4.43. The van der Waals surface area contributed by atoms with Crippen LogP contribution in [0.3, 0.4) is 0 Å². The third kappa shape index (κ3) is 7.55. The maximum atomic E-state index is 12.7. The smallest absolute Gasteiger partial charge is 0.246 e. The van der Waals surface area contributed by atoms with Gasteiger partial charge in [-0.15, -0.1) is 0 Å². The molecule has 0 saturated carbocycles. The second kappa shape index (κ2) is 13.4. The van der Waals surface area contributed by atoms with E-state index < -0.39 is 6.04 Å². The molecule has 11 nitrogen and oxygen atoms in total. The summed E-state index contributed by atoms with van der Waals surface area (Å²) in [6.45, 7) is 1.80. The van der Waals surface area contributed by atoms with Gasteiger partial charge in [-0.25, -0.2) is 4.98 Å². The first-order valence-corrected chi connectivity index (χ1v) is 13.1. The van der Waals surface area contributed by atoms with E-state index in [0.29, 0.717) is 56.2 Å². The number of nitrogens with zero attached hydrogens (tertiary/aromatic N) is 5. The molecule has 1 aromatic carbocycles. The molecule has 4 rings (SSSR count). The Balaban J connectivity index is 1.24. The predicted molar refractivity (Wildman–Crippen MR) is 153 cm³/mol. The first-order valence-electron chi connectivity index (χ1n) is 13.1. The van der Waals surface area contributed by atoms with Crippen LogP contribution in [0, 0.1) is 11.8 Å². The van der Waals surface area contributed by atoms with E-state index in [1.54, 1.807) is 30.4 Å². The topological polar surface area (TPSA) is 131 Å². The van der Waals surface area contributed by atoms with Crippen LogP contribution in [-0.2, 0) is 9.59 Å². The highest BCUT2D eigenvalue weighted by Gasteiger charge is 2.32. The molecule has 1 saturated heterocycles. The number of likely N-dealkylation sites (tertiary alicyclic amines) is 1. The van der Waals surface area contributed by atoms with Crippen molar-refractivity contribution in [3.63, 3.8) is 0 Å². The van der Waals surface area contributed by atoms with Gasteiger partial charge in [0.2, 0.25) is 17.8 Å². The van der Waals surface area contributed by atoms with Crippen LogP contribution in [0.1, 0.15) is 31.2 Å². The van der Waals surface area contributed by atoms with Gasteiger partial charge in [0, 0.05) is 50.3 Å². The number of fused-ring (bicyclic) bond motifs is 1. The second-order valence-electron chi connectivity index (χ2n) is 9.55. The van der Waals surface area contributed by atoms with Gasteiger partial charge in [0.25, 0.3) is 0 Å². The van der Waals surface area contributed by atoms with E-state index in [2.05, 4.69) is 48.0 Å². The molecule has 0 unspecified atom stereocenters. The van der Waals surface area contributed by atoms with Crippen molar-refractivity contribution < 1.29 is 9.59 Å². The first kappa shape index (κ1) is 27.6. The van der Waals surface area contributed by atoms with E-state index >= 15 is 0 Å². The molecule has 11 heteroatoms. The summed E-state index contributed by atoms with van der Waals surface area (Å²) in [7, 11) is 5.68. The molecule has 1 atom stereocenters. The van der Waals surface area contributed by atoms with Crippen LogP contribution in [0.5, 0.6) is 0 Å². The fourth-order valence-electron chi connectivity index (χ4n) is 4.30. The number of likely N-dealkylation sites (N-methyl/N-ethyl adjacent to an activating group) is 1. The zero-order chi connectivity index (χ0) is 27.6. The maximum Gasteiger partial charge on any atom is 0.246 e. The molecule has 39 heavy (non-hydrogen) atoms. The molecule has 3 heterocycles. The number of aromatic amines is 1. The van der Waals surface area contributed by atoms with Gasteiger partial charge in [-0.2, -0.15) is 10.1 Å². The number of unbranched alkanes of at least 4 members (excludes halogenated alkanes) is 1. The summed E-state index contributed by atoms with van der Waals surface area (Å²) >= 11 is 0. The van der Waals surface area contributed by atoms with Crippen LogP contribution in [0.4, 0.5) is 17.5 Å². The molecule has 1 aliphatic heterocycles. The molecule has 0 spiro atoms. The van der Waals surface area contributed by atoms with Crippen LogP contribution in [0.15, 0.2) is 42.7 Å². The molecule has 1 aliphatic rings. The lowest BCUT2D eigenvalue weighted by molar-refractivity contribution is -0.135. The Morgan fingerprint density at radius 2 is 2.15 bits per heavy atom. The van der Waals surface area contributed by atoms with Crippen LogP contribution in [-0.4, -0.2) is 88.6 Å². The van der Waals surface area contributed by atoms with Crippen molar-refractivity contribution in [2.45, 2.75) is 31.7 Å². The number of anilines is 3. The maximum absolute atomic E-state index is 12.7. The van der Waals surface area contributed by atoms with E-state index in [-0.39, 0.29) is 11.8 Å². The molecule has 2 amide bonds. The van der Waals surface area contributed by atoms with E-state index in [1.807, 2.05) is 43.3 Å². The molecule has 0 bridgehead atoms. The summed E-state index contributed by atoms with van der Waals surface area (Å²) in [5.74, 6) is 7.13. The average Bonchev–Trinajstić information content (AvgIpc) is 3.60. The number of rotatable bonds is 10. The first-order chi connectivity index (χ1) is 18.9. The molecule has 1 fully saturated rings. The number of hydrogen-bond acceptors (Lipinski definition) is 8. The van der Waals surface area contributed by atoms with E-state index in [1.165, 1.54) is 0 Å². The summed E-state index contributed by atoms with van der Waals surface area (Å²) < 4.78 is 0. The van der Waals surface area contributed by atoms with Gasteiger partial charge in [0.15, 0.2) is 0 Å². The summed E-state index contributed by atoms with van der Waals surface area (Å²) in [4.78, 5) is 37.7. The van der Waals surface area contributed by atoms with Gasteiger partial charge in [-0.3, -0.25) is 14.7 Å². The quantitative estimate of drug-likeness (QED) is 0.179. The Morgan fingerprint density at radius 3 is 2.97 bits per heavy atom. The lowest BCUT2D eigenvalue weighted by Gasteiger charge is -2.22. The Kier molecular flexibility index (Phi) is 9.48. The molecular weight excluding hydrogens is 494 g/mol. The Morgan fingerprint density at radius 1 is 1.28 bits per heavy atom. The Labute approximate surface area is 228 Å². The van der Waals surface area contributed by atoms with Gasteiger partial charge in [-0.05, 0) is 51.6 Å². The zero-order valence-electron chi connectivity index (χ0n) is 22.6. The standard InChI is InChI=1S/C28H35N9O2/c1-29-26-20(18-31-28(34-26)33-22-12-13-23-21(17-22)19-32-35-23)9-5-4-6-14-30-27(39)24-10-7-16-37(24)25(38)11-8-15-36(2)3/h8,11-13,17-19,24H,4,6-7,10,14-16H2,1-3H3,(H,30,39)(H,32,35)(H2,29,31,33,34)/b11-8+/t24-/m0/s1. The summed E-state index contributed by atoms with van der Waals surface area (Å²) in [5, 5.41) is 17.2. The number of nitrogens with one attached hydrogen (secondary N) is 4.